The molecular weight excluding hydrogens is 270 g/mol. The minimum absolute atomic E-state index is 0.00649. The SMILES string of the molecule is CC(O)COc1cc(F)c(CBr)c(F)c1. The second kappa shape index (κ2) is 5.42. The van der Waals surface area contributed by atoms with Crippen LogP contribution in [0.3, 0.4) is 0 Å². The Morgan fingerprint density at radius 3 is 2.33 bits per heavy atom. The van der Waals surface area contributed by atoms with Crippen LogP contribution < -0.4 is 4.74 Å². The van der Waals surface area contributed by atoms with Crippen LogP contribution in [0.25, 0.3) is 0 Å². The highest BCUT2D eigenvalue weighted by Crippen LogP contribution is 2.22. The molecule has 0 amide bonds. The van der Waals surface area contributed by atoms with Crippen molar-refractivity contribution in [3.8, 4) is 5.75 Å². The molecule has 0 saturated carbocycles. The summed E-state index contributed by atoms with van der Waals surface area (Å²) in [4.78, 5) is 0. The van der Waals surface area contributed by atoms with Gasteiger partial charge in [-0.3, -0.25) is 0 Å². The van der Waals surface area contributed by atoms with Crippen molar-refractivity contribution in [2.24, 2.45) is 0 Å². The molecule has 1 N–H and O–H groups in total. The van der Waals surface area contributed by atoms with Crippen molar-refractivity contribution in [1.29, 1.82) is 0 Å². The molecule has 2 nitrogen and oxygen atoms in total. The van der Waals surface area contributed by atoms with E-state index in [4.69, 9.17) is 9.84 Å². The van der Waals surface area contributed by atoms with Gasteiger partial charge in [0.05, 0.1) is 6.10 Å². The molecule has 0 bridgehead atoms. The summed E-state index contributed by atoms with van der Waals surface area (Å²) in [5.41, 5.74) is -0.0283. The third-order valence-electron chi connectivity index (χ3n) is 1.74. The van der Waals surface area contributed by atoms with E-state index in [0.29, 0.717) is 0 Å². The van der Waals surface area contributed by atoms with Crippen LogP contribution in [-0.4, -0.2) is 17.8 Å². The quantitative estimate of drug-likeness (QED) is 0.860. The minimum Gasteiger partial charge on any atom is -0.491 e. The highest BCUT2D eigenvalue weighted by atomic mass is 79.9. The third-order valence-corrected chi connectivity index (χ3v) is 2.30. The maximum atomic E-state index is 13.2. The topological polar surface area (TPSA) is 29.5 Å². The van der Waals surface area contributed by atoms with Gasteiger partial charge in [0.25, 0.3) is 0 Å². The van der Waals surface area contributed by atoms with Gasteiger partial charge in [0, 0.05) is 23.0 Å². The molecule has 0 aromatic heterocycles. The summed E-state index contributed by atoms with van der Waals surface area (Å²) in [7, 11) is 0. The molecule has 0 saturated heterocycles. The van der Waals surface area contributed by atoms with Crippen molar-refractivity contribution in [3.05, 3.63) is 29.3 Å². The van der Waals surface area contributed by atoms with E-state index >= 15 is 0 Å². The van der Waals surface area contributed by atoms with Gasteiger partial charge in [-0.25, -0.2) is 8.78 Å². The molecule has 1 aromatic carbocycles. The normalized spacial score (nSPS) is 12.6. The van der Waals surface area contributed by atoms with E-state index in [2.05, 4.69) is 15.9 Å². The number of halogens is 3. The Labute approximate surface area is 95.0 Å². The van der Waals surface area contributed by atoms with Gasteiger partial charge in [-0.15, -0.1) is 0 Å². The molecule has 0 aliphatic carbocycles. The first-order valence-corrected chi connectivity index (χ1v) is 5.51. The van der Waals surface area contributed by atoms with Gasteiger partial charge in [-0.05, 0) is 6.92 Å². The van der Waals surface area contributed by atoms with Crippen molar-refractivity contribution < 1.29 is 18.6 Å². The number of ether oxygens (including phenoxy) is 1. The van der Waals surface area contributed by atoms with Gasteiger partial charge in [0.2, 0.25) is 0 Å². The summed E-state index contributed by atoms with van der Waals surface area (Å²) in [6.45, 7) is 1.53. The molecule has 1 rings (SSSR count). The average Bonchev–Trinajstić information content (AvgIpc) is 2.14. The fraction of sp³-hybridized carbons (Fsp3) is 0.400. The Hall–Kier alpha value is -0.680. The molecule has 84 valence electrons. The first-order chi connectivity index (χ1) is 7.04. The molecule has 1 unspecified atom stereocenters. The highest BCUT2D eigenvalue weighted by Gasteiger charge is 2.10. The van der Waals surface area contributed by atoms with E-state index in [9.17, 15) is 8.78 Å². The number of aliphatic hydroxyl groups excluding tert-OH is 1. The molecular formula is C10H11BrF2O2. The van der Waals surface area contributed by atoms with Crippen LogP contribution in [0.15, 0.2) is 12.1 Å². The minimum atomic E-state index is -0.674. The number of rotatable bonds is 4. The van der Waals surface area contributed by atoms with Crippen molar-refractivity contribution >= 4 is 15.9 Å². The zero-order valence-electron chi connectivity index (χ0n) is 8.14. The van der Waals surface area contributed by atoms with Crippen LogP contribution in [0.1, 0.15) is 12.5 Å². The first-order valence-electron chi connectivity index (χ1n) is 4.39. The molecule has 1 atom stereocenters. The lowest BCUT2D eigenvalue weighted by Gasteiger charge is -2.09. The lowest BCUT2D eigenvalue weighted by atomic mass is 10.2. The second-order valence-corrected chi connectivity index (χ2v) is 3.72. The Kier molecular flexibility index (Phi) is 4.47. The Morgan fingerprint density at radius 2 is 1.93 bits per heavy atom. The summed E-state index contributed by atoms with van der Waals surface area (Å²) in [6, 6.07) is 2.20. The fourth-order valence-electron chi connectivity index (χ4n) is 1.01. The molecule has 0 heterocycles. The molecule has 5 heteroatoms. The fourth-order valence-corrected chi connectivity index (χ4v) is 1.54. The summed E-state index contributed by atoms with van der Waals surface area (Å²) >= 11 is 2.99. The smallest absolute Gasteiger partial charge is 0.133 e. The van der Waals surface area contributed by atoms with Crippen LogP contribution in [-0.2, 0) is 5.33 Å². The summed E-state index contributed by atoms with van der Waals surface area (Å²) in [5.74, 6) is -1.24. The van der Waals surface area contributed by atoms with Crippen molar-refractivity contribution in [2.75, 3.05) is 6.61 Å². The Morgan fingerprint density at radius 1 is 1.40 bits per heavy atom. The number of benzene rings is 1. The number of aliphatic hydroxyl groups is 1. The molecule has 0 aliphatic rings. The highest BCUT2D eigenvalue weighted by molar-refractivity contribution is 9.08. The summed E-state index contributed by atoms with van der Waals surface area (Å²) in [6.07, 6.45) is -0.674. The largest absolute Gasteiger partial charge is 0.491 e. The molecule has 0 radical (unpaired) electrons. The first kappa shape index (κ1) is 12.4. The predicted molar refractivity (Wildman–Crippen MR) is 56.2 cm³/mol. The zero-order valence-corrected chi connectivity index (χ0v) is 9.72. The van der Waals surface area contributed by atoms with E-state index < -0.39 is 17.7 Å². The predicted octanol–water partition coefficient (Wildman–Crippen LogP) is 2.62. The molecule has 0 fully saturated rings. The molecule has 15 heavy (non-hydrogen) atoms. The number of hydrogen-bond acceptors (Lipinski definition) is 2. The van der Waals surface area contributed by atoms with Gasteiger partial charge in [0.1, 0.15) is 24.0 Å². The van der Waals surface area contributed by atoms with Crippen molar-refractivity contribution in [3.63, 3.8) is 0 Å². The lowest BCUT2D eigenvalue weighted by Crippen LogP contribution is -2.13. The Bertz CT molecular complexity index is 319. The second-order valence-electron chi connectivity index (χ2n) is 3.16. The van der Waals surface area contributed by atoms with Crippen molar-refractivity contribution in [2.45, 2.75) is 18.4 Å². The average molecular weight is 281 g/mol. The maximum absolute atomic E-state index is 13.2. The maximum Gasteiger partial charge on any atom is 0.133 e. The van der Waals surface area contributed by atoms with Crippen LogP contribution in [0.2, 0.25) is 0 Å². The van der Waals surface area contributed by atoms with Gasteiger partial charge >= 0.3 is 0 Å². The van der Waals surface area contributed by atoms with Gasteiger partial charge in [-0.2, -0.15) is 0 Å². The van der Waals surface area contributed by atoms with Crippen LogP contribution in [0.5, 0.6) is 5.75 Å². The van der Waals surface area contributed by atoms with E-state index in [1.54, 1.807) is 0 Å². The number of alkyl halides is 1. The zero-order chi connectivity index (χ0) is 11.4. The third kappa shape index (κ3) is 3.43. The lowest BCUT2D eigenvalue weighted by molar-refractivity contribution is 0.122. The van der Waals surface area contributed by atoms with Crippen LogP contribution in [0.4, 0.5) is 8.78 Å². The van der Waals surface area contributed by atoms with Crippen LogP contribution >= 0.6 is 15.9 Å². The Balaban J connectivity index is 2.84. The molecule has 1 aromatic rings. The van der Waals surface area contributed by atoms with E-state index in [1.165, 1.54) is 6.92 Å². The standard InChI is InChI=1S/C10H11BrF2O2/c1-6(14)5-15-7-2-9(12)8(4-11)10(13)3-7/h2-3,6,14H,4-5H2,1H3. The van der Waals surface area contributed by atoms with Gasteiger partial charge < -0.3 is 9.84 Å². The van der Waals surface area contributed by atoms with E-state index in [-0.39, 0.29) is 23.2 Å². The number of hydrogen-bond donors (Lipinski definition) is 1. The van der Waals surface area contributed by atoms with E-state index in [0.717, 1.165) is 12.1 Å². The van der Waals surface area contributed by atoms with Gasteiger partial charge in [0.15, 0.2) is 0 Å². The van der Waals surface area contributed by atoms with Gasteiger partial charge in [-0.1, -0.05) is 15.9 Å². The molecule has 0 aliphatic heterocycles. The molecule has 0 spiro atoms. The summed E-state index contributed by atoms with van der Waals surface area (Å²) in [5, 5.41) is 9.05. The summed E-state index contributed by atoms with van der Waals surface area (Å²) < 4.78 is 31.4. The van der Waals surface area contributed by atoms with E-state index in [1.807, 2.05) is 0 Å². The van der Waals surface area contributed by atoms with Crippen LogP contribution in [0, 0.1) is 11.6 Å². The monoisotopic (exact) mass is 280 g/mol. The van der Waals surface area contributed by atoms with Crippen molar-refractivity contribution in [1.82, 2.24) is 0 Å².